The van der Waals surface area contributed by atoms with Gasteiger partial charge in [-0.15, -0.1) is 12.3 Å². The molecule has 0 atom stereocenters. The van der Waals surface area contributed by atoms with Crippen molar-refractivity contribution in [3.05, 3.63) is 54.1 Å². The predicted molar refractivity (Wildman–Crippen MR) is 138 cm³/mol. The zero-order valence-corrected chi connectivity index (χ0v) is 20.5. The molecule has 5 nitrogen and oxygen atoms in total. The van der Waals surface area contributed by atoms with E-state index in [1.165, 1.54) is 57.8 Å². The van der Waals surface area contributed by atoms with Gasteiger partial charge in [0.15, 0.2) is 0 Å². The van der Waals surface area contributed by atoms with Gasteiger partial charge in [-0.3, -0.25) is 0 Å². The third kappa shape index (κ3) is 11.7. The van der Waals surface area contributed by atoms with Crippen LogP contribution in [0.15, 0.2) is 58.8 Å². The summed E-state index contributed by atoms with van der Waals surface area (Å²) in [5.74, 6) is 2.89. The molecule has 0 aliphatic heterocycles. The molecule has 0 aromatic heterocycles. The normalized spacial score (nSPS) is 10.8. The minimum absolute atomic E-state index is 0.218. The van der Waals surface area contributed by atoms with Gasteiger partial charge in [0.05, 0.1) is 23.5 Å². The van der Waals surface area contributed by atoms with Crippen molar-refractivity contribution in [3.8, 4) is 18.1 Å². The molecule has 0 aliphatic rings. The van der Waals surface area contributed by atoms with Crippen LogP contribution in [0.4, 0.5) is 11.4 Å². The van der Waals surface area contributed by atoms with E-state index in [0.717, 1.165) is 24.5 Å². The number of nitrogens with zero attached hydrogens (tertiary/aromatic N) is 2. The third-order valence-electron chi connectivity index (χ3n) is 5.47. The van der Waals surface area contributed by atoms with E-state index in [-0.39, 0.29) is 6.61 Å². The highest BCUT2D eigenvalue weighted by Crippen LogP contribution is 2.22. The van der Waals surface area contributed by atoms with Gasteiger partial charge in [-0.1, -0.05) is 64.7 Å². The topological polar surface area (TPSA) is 60.2 Å². The van der Waals surface area contributed by atoms with Crippen LogP contribution in [-0.4, -0.2) is 19.2 Å². The Bertz CT molecular complexity index is 883. The predicted octanol–water partition coefficient (Wildman–Crippen LogP) is 8.58. The van der Waals surface area contributed by atoms with E-state index in [9.17, 15) is 4.79 Å². The molecule has 2 aromatic rings. The van der Waals surface area contributed by atoms with Crippen LogP contribution in [0.2, 0.25) is 0 Å². The van der Waals surface area contributed by atoms with E-state index in [2.05, 4.69) is 23.1 Å². The second-order valence-electron chi connectivity index (χ2n) is 8.36. The number of esters is 1. The van der Waals surface area contributed by atoms with Crippen molar-refractivity contribution in [2.24, 2.45) is 10.2 Å². The summed E-state index contributed by atoms with van der Waals surface area (Å²) >= 11 is 0. The van der Waals surface area contributed by atoms with Crippen LogP contribution in [0, 0.1) is 12.3 Å². The van der Waals surface area contributed by atoms with Crippen LogP contribution in [0.1, 0.15) is 87.9 Å². The van der Waals surface area contributed by atoms with Gasteiger partial charge in [0, 0.05) is 6.42 Å². The molecule has 0 N–H and O–H groups in total. The first-order chi connectivity index (χ1) is 16.7. The minimum atomic E-state index is -0.396. The average molecular weight is 463 g/mol. The number of terminal acetylenes is 1. The first-order valence-electron chi connectivity index (χ1n) is 12.6. The SMILES string of the molecule is C#CCCOC(=O)c1ccc(N=Nc2ccc(OCCCCCCCCCCCC)cc2)cc1. The largest absolute Gasteiger partial charge is 0.494 e. The fraction of sp³-hybridized carbons (Fsp3) is 0.483. The molecule has 0 radical (unpaired) electrons. The Hall–Kier alpha value is -3.13. The lowest BCUT2D eigenvalue weighted by molar-refractivity contribution is 0.0513. The van der Waals surface area contributed by atoms with E-state index in [1.54, 1.807) is 24.3 Å². The summed E-state index contributed by atoms with van der Waals surface area (Å²) in [5, 5.41) is 8.46. The molecule has 5 heteroatoms. The number of hydrogen-bond acceptors (Lipinski definition) is 5. The standard InChI is InChI=1S/C29H38N2O3/c1-3-5-7-8-9-10-11-12-13-14-24-33-28-21-19-27(20-22-28)31-30-26-17-15-25(16-18-26)29(32)34-23-6-4-2/h2,15-22H,3,5-14,23-24H2,1H3. The van der Waals surface area contributed by atoms with Gasteiger partial charge in [-0.25, -0.2) is 4.79 Å². The Labute approximate surface area is 205 Å². The lowest BCUT2D eigenvalue weighted by Crippen LogP contribution is -2.05. The Morgan fingerprint density at radius 2 is 1.29 bits per heavy atom. The molecule has 0 heterocycles. The highest BCUT2D eigenvalue weighted by molar-refractivity contribution is 5.89. The van der Waals surface area contributed by atoms with Crippen LogP contribution >= 0.6 is 0 Å². The molecule has 182 valence electrons. The average Bonchev–Trinajstić information content (AvgIpc) is 2.87. The summed E-state index contributed by atoms with van der Waals surface area (Å²) in [6.45, 7) is 3.22. The van der Waals surface area contributed by atoms with Gasteiger partial charge >= 0.3 is 5.97 Å². The molecule has 0 fully saturated rings. The molecule has 34 heavy (non-hydrogen) atoms. The van der Waals surface area contributed by atoms with Crippen LogP contribution < -0.4 is 4.74 Å². The summed E-state index contributed by atoms with van der Waals surface area (Å²) in [5.41, 5.74) is 1.85. The quantitative estimate of drug-likeness (QED) is 0.102. The highest BCUT2D eigenvalue weighted by Gasteiger charge is 2.06. The van der Waals surface area contributed by atoms with E-state index < -0.39 is 5.97 Å². The Balaban J connectivity index is 1.62. The number of azo groups is 1. The van der Waals surface area contributed by atoms with Crippen LogP contribution in [-0.2, 0) is 4.74 Å². The zero-order chi connectivity index (χ0) is 24.3. The van der Waals surface area contributed by atoms with Crippen LogP contribution in [0.5, 0.6) is 5.75 Å². The summed E-state index contributed by atoms with van der Waals surface area (Å²) in [6.07, 6.45) is 18.7. The van der Waals surface area contributed by atoms with Gasteiger partial charge in [0.25, 0.3) is 0 Å². The molecule has 0 bridgehead atoms. The fourth-order valence-corrected chi connectivity index (χ4v) is 3.45. The molecule has 2 aromatic carbocycles. The maximum Gasteiger partial charge on any atom is 0.338 e. The molecule has 0 unspecified atom stereocenters. The molecule has 0 saturated carbocycles. The molecular formula is C29H38N2O3. The molecule has 0 amide bonds. The van der Waals surface area contributed by atoms with Crippen LogP contribution in [0.25, 0.3) is 0 Å². The molecule has 0 aliphatic carbocycles. The summed E-state index contributed by atoms with van der Waals surface area (Å²) in [7, 11) is 0. The minimum Gasteiger partial charge on any atom is -0.494 e. The van der Waals surface area contributed by atoms with Crippen molar-refractivity contribution < 1.29 is 14.3 Å². The van der Waals surface area contributed by atoms with Gasteiger partial charge in [0.2, 0.25) is 0 Å². The zero-order valence-electron chi connectivity index (χ0n) is 20.5. The van der Waals surface area contributed by atoms with E-state index >= 15 is 0 Å². The number of hydrogen-bond donors (Lipinski definition) is 0. The number of rotatable bonds is 17. The number of benzene rings is 2. The number of carbonyl (C=O) groups is 1. The Kier molecular flexibility index (Phi) is 13.8. The molecule has 0 spiro atoms. The molecular weight excluding hydrogens is 424 g/mol. The van der Waals surface area contributed by atoms with Gasteiger partial charge < -0.3 is 9.47 Å². The van der Waals surface area contributed by atoms with E-state index in [4.69, 9.17) is 15.9 Å². The van der Waals surface area contributed by atoms with Crippen molar-refractivity contribution in [1.29, 1.82) is 0 Å². The lowest BCUT2D eigenvalue weighted by Gasteiger charge is -2.06. The summed E-state index contributed by atoms with van der Waals surface area (Å²) < 4.78 is 10.9. The Morgan fingerprint density at radius 1 is 0.765 bits per heavy atom. The van der Waals surface area contributed by atoms with Crippen molar-refractivity contribution >= 4 is 17.3 Å². The highest BCUT2D eigenvalue weighted by atomic mass is 16.5. The maximum absolute atomic E-state index is 11.9. The second kappa shape index (κ2) is 17.4. The fourth-order valence-electron chi connectivity index (χ4n) is 3.45. The van der Waals surface area contributed by atoms with Crippen molar-refractivity contribution in [2.75, 3.05) is 13.2 Å². The molecule has 0 saturated heterocycles. The van der Waals surface area contributed by atoms with Crippen molar-refractivity contribution in [2.45, 2.75) is 77.6 Å². The first-order valence-corrected chi connectivity index (χ1v) is 12.6. The van der Waals surface area contributed by atoms with Gasteiger partial charge in [-0.05, 0) is 55.0 Å². The monoisotopic (exact) mass is 462 g/mol. The summed E-state index contributed by atoms with van der Waals surface area (Å²) in [4.78, 5) is 11.9. The third-order valence-corrected chi connectivity index (χ3v) is 5.47. The smallest absolute Gasteiger partial charge is 0.338 e. The second-order valence-corrected chi connectivity index (χ2v) is 8.36. The van der Waals surface area contributed by atoms with Crippen molar-refractivity contribution in [3.63, 3.8) is 0 Å². The summed E-state index contributed by atoms with van der Waals surface area (Å²) in [6, 6.07) is 14.4. The van der Waals surface area contributed by atoms with Crippen LogP contribution in [0.3, 0.4) is 0 Å². The lowest BCUT2D eigenvalue weighted by atomic mass is 10.1. The first kappa shape index (κ1) is 27.1. The number of carbonyl (C=O) groups excluding carboxylic acids is 1. The van der Waals surface area contributed by atoms with Gasteiger partial charge in [0.1, 0.15) is 12.4 Å². The maximum atomic E-state index is 11.9. The number of unbranched alkanes of at least 4 members (excludes halogenated alkanes) is 9. The molecule has 2 rings (SSSR count). The Morgan fingerprint density at radius 3 is 1.85 bits per heavy atom. The van der Waals surface area contributed by atoms with E-state index in [0.29, 0.717) is 17.7 Å². The van der Waals surface area contributed by atoms with Gasteiger partial charge in [-0.2, -0.15) is 10.2 Å². The van der Waals surface area contributed by atoms with E-state index in [1.807, 2.05) is 24.3 Å². The number of ether oxygens (including phenoxy) is 2. The van der Waals surface area contributed by atoms with Crippen molar-refractivity contribution in [1.82, 2.24) is 0 Å².